The maximum Gasteiger partial charge on any atom is 0.324 e. The highest BCUT2D eigenvalue weighted by molar-refractivity contribution is 5.87. The fourth-order valence-corrected chi connectivity index (χ4v) is 2.16. The quantitative estimate of drug-likeness (QED) is 0.631. The lowest BCUT2D eigenvalue weighted by atomic mass is 10.1. The summed E-state index contributed by atoms with van der Waals surface area (Å²) in [7, 11) is 3.58. The number of benzene rings is 1. The Bertz CT molecular complexity index is 611. The van der Waals surface area contributed by atoms with E-state index < -0.39 is 0 Å². The minimum atomic E-state index is 0.000308. The number of hydrogen-bond donors (Lipinski definition) is 0. The Balaban J connectivity index is 2.21. The van der Waals surface area contributed by atoms with Crippen LogP contribution in [0.4, 0.5) is 4.79 Å². The molecule has 1 aliphatic heterocycles. The summed E-state index contributed by atoms with van der Waals surface area (Å²) in [5.74, 6) is 6.06. The Labute approximate surface area is 126 Å². The molecule has 1 aromatic rings. The van der Waals surface area contributed by atoms with Gasteiger partial charge in [-0.2, -0.15) is 0 Å². The highest BCUT2D eigenvalue weighted by Gasteiger charge is 2.22. The maximum atomic E-state index is 12.0. The molecule has 1 aliphatic rings. The van der Waals surface area contributed by atoms with Crippen molar-refractivity contribution in [2.75, 3.05) is 33.9 Å². The van der Waals surface area contributed by atoms with E-state index in [9.17, 15) is 4.79 Å². The van der Waals surface area contributed by atoms with Crippen LogP contribution in [0.2, 0.25) is 0 Å². The van der Waals surface area contributed by atoms with Crippen LogP contribution in [-0.2, 0) is 4.74 Å². The molecule has 4 heteroatoms. The van der Waals surface area contributed by atoms with E-state index in [1.54, 1.807) is 23.9 Å². The van der Waals surface area contributed by atoms with Crippen molar-refractivity contribution in [3.8, 4) is 11.8 Å². The molecule has 1 aromatic carbocycles. The summed E-state index contributed by atoms with van der Waals surface area (Å²) >= 11 is 0. The van der Waals surface area contributed by atoms with Crippen LogP contribution in [0.15, 0.2) is 30.3 Å². The molecule has 0 aliphatic carbocycles. The van der Waals surface area contributed by atoms with Crippen LogP contribution in [0, 0.1) is 11.8 Å². The summed E-state index contributed by atoms with van der Waals surface area (Å²) in [6.45, 7) is 3.68. The molecule has 0 saturated carbocycles. The van der Waals surface area contributed by atoms with E-state index in [0.717, 1.165) is 16.8 Å². The molecular formula is C17H20N2O2. The molecule has 0 saturated heterocycles. The molecule has 2 rings (SSSR count). The van der Waals surface area contributed by atoms with Gasteiger partial charge in [-0.25, -0.2) is 4.79 Å². The zero-order valence-electron chi connectivity index (χ0n) is 12.7. The number of carbonyl (C=O) groups excluding carboxylic acids is 1. The van der Waals surface area contributed by atoms with Gasteiger partial charge in [0.15, 0.2) is 0 Å². The van der Waals surface area contributed by atoms with Gasteiger partial charge in [-0.3, -0.25) is 4.90 Å². The van der Waals surface area contributed by atoms with Crippen LogP contribution >= 0.6 is 0 Å². The maximum absolute atomic E-state index is 12.0. The first-order chi connectivity index (χ1) is 10.1. The molecule has 0 radical (unpaired) electrons. The lowest BCUT2D eigenvalue weighted by molar-refractivity contribution is 0.182. The smallest absolute Gasteiger partial charge is 0.324 e. The fraction of sp³-hybridized carbons (Fsp3) is 0.353. The van der Waals surface area contributed by atoms with Gasteiger partial charge in [0, 0.05) is 32.8 Å². The first-order valence-corrected chi connectivity index (χ1v) is 6.99. The third-order valence-corrected chi connectivity index (χ3v) is 3.30. The van der Waals surface area contributed by atoms with E-state index >= 15 is 0 Å². The van der Waals surface area contributed by atoms with Gasteiger partial charge < -0.3 is 9.64 Å². The highest BCUT2D eigenvalue weighted by Crippen LogP contribution is 2.23. The summed E-state index contributed by atoms with van der Waals surface area (Å²) in [4.78, 5) is 15.3. The van der Waals surface area contributed by atoms with E-state index in [0.29, 0.717) is 19.8 Å². The van der Waals surface area contributed by atoms with E-state index in [-0.39, 0.29) is 6.03 Å². The number of nitrogens with zero attached hydrogens (tertiary/aromatic N) is 2. The van der Waals surface area contributed by atoms with Gasteiger partial charge in [0.05, 0.1) is 5.70 Å². The molecule has 2 amide bonds. The van der Waals surface area contributed by atoms with Crippen molar-refractivity contribution in [2.24, 2.45) is 0 Å². The molecule has 0 atom stereocenters. The van der Waals surface area contributed by atoms with Crippen molar-refractivity contribution in [1.29, 1.82) is 0 Å². The molecular weight excluding hydrogens is 264 g/mol. The predicted molar refractivity (Wildman–Crippen MR) is 83.6 cm³/mol. The van der Waals surface area contributed by atoms with Gasteiger partial charge in [0.1, 0.15) is 6.61 Å². The molecule has 0 spiro atoms. The standard InChI is InChI=1S/C17H20N2O2/c1-4-21-12-6-8-14-7-5-9-15(13-14)16-10-11-18(2)17(20)19(16)3/h5,7,9-10,13H,4,11-12H2,1-3H3. The molecule has 1 heterocycles. The fourth-order valence-electron chi connectivity index (χ4n) is 2.16. The third-order valence-electron chi connectivity index (χ3n) is 3.30. The number of likely N-dealkylation sites (N-methyl/N-ethyl adjacent to an activating group) is 1. The predicted octanol–water partition coefficient (Wildman–Crippen LogP) is 2.41. The Kier molecular flexibility index (Phi) is 5.02. The van der Waals surface area contributed by atoms with Crippen molar-refractivity contribution < 1.29 is 9.53 Å². The van der Waals surface area contributed by atoms with E-state index in [2.05, 4.69) is 11.8 Å². The van der Waals surface area contributed by atoms with Crippen LogP contribution < -0.4 is 0 Å². The van der Waals surface area contributed by atoms with Crippen molar-refractivity contribution in [1.82, 2.24) is 9.80 Å². The number of rotatable bonds is 3. The Hall–Kier alpha value is -2.25. The Morgan fingerprint density at radius 1 is 1.33 bits per heavy atom. The molecule has 0 N–H and O–H groups in total. The largest absolute Gasteiger partial charge is 0.369 e. The molecule has 110 valence electrons. The van der Waals surface area contributed by atoms with Crippen molar-refractivity contribution in [3.05, 3.63) is 41.5 Å². The van der Waals surface area contributed by atoms with Crippen molar-refractivity contribution in [2.45, 2.75) is 6.92 Å². The lowest BCUT2D eigenvalue weighted by Crippen LogP contribution is -2.41. The highest BCUT2D eigenvalue weighted by atomic mass is 16.5. The van der Waals surface area contributed by atoms with E-state index in [1.807, 2.05) is 37.3 Å². The van der Waals surface area contributed by atoms with Crippen LogP contribution in [0.5, 0.6) is 0 Å². The van der Waals surface area contributed by atoms with Crippen molar-refractivity contribution >= 4 is 11.7 Å². The summed E-state index contributed by atoms with van der Waals surface area (Å²) < 4.78 is 5.20. The number of carbonyl (C=O) groups is 1. The first kappa shape index (κ1) is 15.1. The Morgan fingerprint density at radius 3 is 2.90 bits per heavy atom. The van der Waals surface area contributed by atoms with Crippen LogP contribution in [0.25, 0.3) is 5.70 Å². The topological polar surface area (TPSA) is 32.8 Å². The average molecular weight is 284 g/mol. The summed E-state index contributed by atoms with van der Waals surface area (Å²) in [6, 6.07) is 7.91. The average Bonchev–Trinajstić information content (AvgIpc) is 2.50. The first-order valence-electron chi connectivity index (χ1n) is 6.99. The number of amides is 2. The zero-order valence-corrected chi connectivity index (χ0v) is 12.7. The van der Waals surface area contributed by atoms with Crippen LogP contribution in [0.1, 0.15) is 18.1 Å². The van der Waals surface area contributed by atoms with Gasteiger partial charge >= 0.3 is 6.03 Å². The van der Waals surface area contributed by atoms with Gasteiger partial charge in [-0.15, -0.1) is 0 Å². The third kappa shape index (κ3) is 3.65. The minimum absolute atomic E-state index is 0.000308. The molecule has 0 unspecified atom stereocenters. The second-order valence-corrected chi connectivity index (χ2v) is 4.83. The number of urea groups is 1. The monoisotopic (exact) mass is 284 g/mol. The van der Waals surface area contributed by atoms with E-state index in [4.69, 9.17) is 4.74 Å². The van der Waals surface area contributed by atoms with Gasteiger partial charge in [-0.1, -0.05) is 24.0 Å². The zero-order chi connectivity index (χ0) is 15.2. The summed E-state index contributed by atoms with van der Waals surface area (Å²) in [6.07, 6.45) is 2.05. The molecule has 21 heavy (non-hydrogen) atoms. The molecule has 4 nitrogen and oxygen atoms in total. The van der Waals surface area contributed by atoms with E-state index in [1.165, 1.54) is 0 Å². The molecule has 0 bridgehead atoms. The molecule has 0 aromatic heterocycles. The van der Waals surface area contributed by atoms with Gasteiger partial charge in [0.25, 0.3) is 0 Å². The second-order valence-electron chi connectivity index (χ2n) is 4.83. The normalized spacial score (nSPS) is 14.6. The lowest BCUT2D eigenvalue weighted by Gasteiger charge is -2.31. The van der Waals surface area contributed by atoms with Crippen LogP contribution in [-0.4, -0.2) is 49.7 Å². The van der Waals surface area contributed by atoms with Gasteiger partial charge in [-0.05, 0) is 30.7 Å². The van der Waals surface area contributed by atoms with Crippen molar-refractivity contribution in [3.63, 3.8) is 0 Å². The summed E-state index contributed by atoms with van der Waals surface area (Å²) in [5, 5.41) is 0. The SMILES string of the molecule is CCOCC#Cc1cccc(C2=CCN(C)C(=O)N2C)c1. The van der Waals surface area contributed by atoms with Gasteiger partial charge in [0.2, 0.25) is 0 Å². The Morgan fingerprint density at radius 2 is 2.14 bits per heavy atom. The molecule has 0 fully saturated rings. The second kappa shape index (κ2) is 6.96. The minimum Gasteiger partial charge on any atom is -0.369 e. The number of hydrogen-bond acceptors (Lipinski definition) is 2. The van der Waals surface area contributed by atoms with Crippen LogP contribution in [0.3, 0.4) is 0 Å². The summed E-state index contributed by atoms with van der Waals surface area (Å²) in [5.41, 5.74) is 2.85. The number of ether oxygens (including phenoxy) is 1.